The van der Waals surface area contributed by atoms with Crippen molar-refractivity contribution in [3.05, 3.63) is 83.4 Å². The average molecular weight is 610 g/mol. The maximum Gasteiger partial charge on any atom is 0.408 e. The fraction of sp³-hybridized carbons (Fsp3) is 0.323. The van der Waals surface area contributed by atoms with Crippen molar-refractivity contribution in [3.63, 3.8) is 0 Å². The van der Waals surface area contributed by atoms with Crippen LogP contribution in [0.1, 0.15) is 56.2 Å². The van der Waals surface area contributed by atoms with E-state index in [2.05, 4.69) is 10.3 Å². The fourth-order valence-electron chi connectivity index (χ4n) is 4.81. The molecule has 0 radical (unpaired) electrons. The van der Waals surface area contributed by atoms with Gasteiger partial charge in [-0.05, 0) is 87.4 Å². The molecule has 0 bridgehead atoms. The van der Waals surface area contributed by atoms with E-state index in [0.717, 1.165) is 28.4 Å². The number of halogens is 1. The lowest BCUT2D eigenvalue weighted by Gasteiger charge is -2.22. The molecule has 0 saturated heterocycles. The second-order valence-corrected chi connectivity index (χ2v) is 13.3. The van der Waals surface area contributed by atoms with Crippen molar-refractivity contribution in [3.8, 4) is 11.5 Å². The smallest absolute Gasteiger partial charge is 0.408 e. The van der Waals surface area contributed by atoms with Gasteiger partial charge in [-0.25, -0.2) is 31.4 Å². The quantitative estimate of drug-likeness (QED) is 0.239. The first-order chi connectivity index (χ1) is 20.2. The Morgan fingerprint density at radius 3 is 2.49 bits per heavy atom. The third kappa shape index (κ3) is 6.48. The molecule has 4 aromatic rings. The predicted octanol–water partition coefficient (Wildman–Crippen LogP) is 5.91. The van der Waals surface area contributed by atoms with E-state index in [1.165, 1.54) is 18.3 Å². The van der Waals surface area contributed by atoms with Gasteiger partial charge in [-0.2, -0.15) is 0 Å². The van der Waals surface area contributed by atoms with Crippen LogP contribution in [0.2, 0.25) is 0 Å². The number of amides is 1. The van der Waals surface area contributed by atoms with E-state index in [1.54, 1.807) is 64.2 Å². The number of hydrogen-bond donors (Lipinski definition) is 2. The normalized spacial score (nSPS) is 14.3. The van der Waals surface area contributed by atoms with Gasteiger partial charge >= 0.3 is 12.1 Å². The van der Waals surface area contributed by atoms with E-state index in [1.807, 2.05) is 0 Å². The summed E-state index contributed by atoms with van der Waals surface area (Å²) in [7, 11) is -3.98. The molecule has 0 aliphatic heterocycles. The summed E-state index contributed by atoms with van der Waals surface area (Å²) in [5.41, 5.74) is 1.02. The van der Waals surface area contributed by atoms with E-state index in [0.29, 0.717) is 16.5 Å². The molecule has 1 amide bonds. The molecule has 1 atom stereocenters. The molecular weight excluding hydrogens is 577 g/mol. The van der Waals surface area contributed by atoms with E-state index in [9.17, 15) is 23.1 Å². The van der Waals surface area contributed by atoms with Crippen LogP contribution in [0.3, 0.4) is 0 Å². The monoisotopic (exact) mass is 609 g/mol. The van der Waals surface area contributed by atoms with Gasteiger partial charge in [0.2, 0.25) is 0 Å². The number of fused-ring (bicyclic) bond motifs is 1. The first kappa shape index (κ1) is 30.0. The summed E-state index contributed by atoms with van der Waals surface area (Å²) < 4.78 is 55.0. The van der Waals surface area contributed by atoms with Crippen LogP contribution in [0.5, 0.6) is 11.5 Å². The van der Waals surface area contributed by atoms with Crippen molar-refractivity contribution >= 4 is 33.1 Å². The minimum absolute atomic E-state index is 0.125. The van der Waals surface area contributed by atoms with Gasteiger partial charge in [0, 0.05) is 18.8 Å². The molecule has 2 aromatic carbocycles. The van der Waals surface area contributed by atoms with Crippen LogP contribution in [0.4, 0.5) is 9.18 Å². The number of carboxylic acid groups (broad SMARTS) is 1. The maximum atomic E-state index is 15.3. The first-order valence-corrected chi connectivity index (χ1v) is 15.2. The fourth-order valence-corrected chi connectivity index (χ4v) is 6.36. The number of aromatic nitrogens is 2. The van der Waals surface area contributed by atoms with E-state index in [-0.39, 0.29) is 34.4 Å². The SMILES string of the molecule is Cc1ccccc1S(=O)(=O)n1cc(C2CC2)c2c(Oc3ccc(CC(NC(=O)OC(C)(C)C)C(=O)O)cc3F)ccnc21. The average Bonchev–Trinajstić information content (AvgIpc) is 3.68. The minimum atomic E-state index is -3.98. The largest absolute Gasteiger partial charge is 0.480 e. The van der Waals surface area contributed by atoms with Crippen LogP contribution in [0.25, 0.3) is 11.0 Å². The summed E-state index contributed by atoms with van der Waals surface area (Å²) in [6, 6.07) is 10.9. The predicted molar refractivity (Wildman–Crippen MR) is 156 cm³/mol. The number of nitrogens with one attached hydrogen (secondary N) is 1. The van der Waals surface area contributed by atoms with E-state index in [4.69, 9.17) is 9.47 Å². The molecule has 2 heterocycles. The van der Waals surface area contributed by atoms with Crippen LogP contribution in [-0.2, 0) is 26.0 Å². The number of aliphatic carboxylic acids is 1. The van der Waals surface area contributed by atoms with E-state index < -0.39 is 39.5 Å². The highest BCUT2D eigenvalue weighted by molar-refractivity contribution is 7.90. The second kappa shape index (κ2) is 11.3. The van der Waals surface area contributed by atoms with Gasteiger partial charge in [-0.1, -0.05) is 24.3 Å². The van der Waals surface area contributed by atoms with Crippen LogP contribution < -0.4 is 10.1 Å². The summed E-state index contributed by atoms with van der Waals surface area (Å²) >= 11 is 0. The van der Waals surface area contributed by atoms with Gasteiger partial charge in [-0.15, -0.1) is 0 Å². The first-order valence-electron chi connectivity index (χ1n) is 13.7. The molecule has 1 aliphatic rings. The molecule has 2 N–H and O–H groups in total. The number of ether oxygens (including phenoxy) is 2. The Morgan fingerprint density at radius 1 is 1.14 bits per heavy atom. The minimum Gasteiger partial charge on any atom is -0.480 e. The molecule has 5 rings (SSSR count). The number of benzene rings is 2. The van der Waals surface area contributed by atoms with Gasteiger partial charge in [0.05, 0.1) is 10.3 Å². The molecule has 1 saturated carbocycles. The van der Waals surface area contributed by atoms with Crippen molar-refractivity contribution in [2.75, 3.05) is 0 Å². The molecule has 43 heavy (non-hydrogen) atoms. The van der Waals surface area contributed by atoms with Crippen LogP contribution in [0, 0.1) is 12.7 Å². The zero-order valence-electron chi connectivity index (χ0n) is 24.1. The number of pyridine rings is 1. The topological polar surface area (TPSA) is 137 Å². The molecule has 12 heteroatoms. The number of nitrogens with zero attached hydrogens (tertiary/aromatic N) is 2. The van der Waals surface area contributed by atoms with Crippen molar-refractivity contribution in [1.82, 2.24) is 14.3 Å². The van der Waals surface area contributed by atoms with Gasteiger partial charge in [0.1, 0.15) is 17.4 Å². The molecule has 226 valence electrons. The summed E-state index contributed by atoms with van der Waals surface area (Å²) in [6.07, 6.45) is 3.64. The number of rotatable bonds is 9. The van der Waals surface area contributed by atoms with Crippen molar-refractivity contribution in [1.29, 1.82) is 0 Å². The zero-order valence-corrected chi connectivity index (χ0v) is 24.9. The molecule has 1 aliphatic carbocycles. The van der Waals surface area contributed by atoms with Gasteiger partial charge in [-0.3, -0.25) is 0 Å². The second-order valence-electron chi connectivity index (χ2n) is 11.5. The molecule has 10 nitrogen and oxygen atoms in total. The number of hydrogen-bond acceptors (Lipinski definition) is 7. The highest BCUT2D eigenvalue weighted by atomic mass is 32.2. The Balaban J connectivity index is 1.45. The number of alkyl carbamates (subject to hydrolysis) is 1. The van der Waals surface area contributed by atoms with Crippen LogP contribution >= 0.6 is 0 Å². The molecule has 1 unspecified atom stereocenters. The molecule has 2 aromatic heterocycles. The Hall–Kier alpha value is -4.45. The Morgan fingerprint density at radius 2 is 1.86 bits per heavy atom. The third-order valence-corrected chi connectivity index (χ3v) is 8.75. The van der Waals surface area contributed by atoms with Crippen LogP contribution in [-0.4, -0.2) is 46.2 Å². The number of carbonyl (C=O) groups is 2. The van der Waals surface area contributed by atoms with Crippen molar-refractivity contribution < 1.29 is 37.0 Å². The number of carboxylic acids is 1. The highest BCUT2D eigenvalue weighted by Gasteiger charge is 2.33. The summed E-state index contributed by atoms with van der Waals surface area (Å²) in [6.45, 7) is 6.68. The zero-order chi connectivity index (χ0) is 31.1. The Bertz CT molecular complexity index is 1820. The van der Waals surface area contributed by atoms with Gasteiger partial charge < -0.3 is 19.9 Å². The summed E-state index contributed by atoms with van der Waals surface area (Å²) in [4.78, 5) is 28.4. The highest BCUT2D eigenvalue weighted by Crippen LogP contribution is 2.47. The number of aryl methyl sites for hydroxylation is 1. The number of carbonyl (C=O) groups excluding carboxylic acids is 1. The lowest BCUT2D eigenvalue weighted by atomic mass is 10.1. The van der Waals surface area contributed by atoms with Crippen molar-refractivity contribution in [2.24, 2.45) is 0 Å². The summed E-state index contributed by atoms with van der Waals surface area (Å²) in [5.74, 6) is -1.83. The Labute approximate surface area is 248 Å². The van der Waals surface area contributed by atoms with Gasteiger partial charge in [0.15, 0.2) is 17.2 Å². The maximum absolute atomic E-state index is 15.3. The third-order valence-electron chi connectivity index (χ3n) is 6.94. The molecule has 1 fully saturated rings. The van der Waals surface area contributed by atoms with Crippen LogP contribution in [0.15, 0.2) is 65.8 Å². The molecular formula is C31H32FN3O7S. The summed E-state index contributed by atoms with van der Waals surface area (Å²) in [5, 5.41) is 12.4. The van der Waals surface area contributed by atoms with E-state index >= 15 is 4.39 Å². The van der Waals surface area contributed by atoms with Crippen molar-refractivity contribution in [2.45, 2.75) is 69.4 Å². The Kier molecular flexibility index (Phi) is 7.91. The lowest BCUT2D eigenvalue weighted by Crippen LogP contribution is -2.44. The lowest BCUT2D eigenvalue weighted by molar-refractivity contribution is -0.139. The standard InChI is InChI=1S/C31H32FN3O7S/c1-18-7-5-6-8-26(18)43(39,40)35-17-21(20-10-11-20)27-25(13-14-33-28(27)35)41-24-12-9-19(15-22(24)32)16-23(29(36)37)34-30(38)42-31(2,3)4/h5-9,12-15,17,20,23H,10-11,16H2,1-4H3,(H,34,38)(H,36,37). The molecule has 0 spiro atoms. The van der Waals surface area contributed by atoms with Gasteiger partial charge in [0.25, 0.3) is 10.0 Å².